The van der Waals surface area contributed by atoms with Crippen LogP contribution in [0.3, 0.4) is 0 Å². The number of aromatic nitrogens is 3. The SMILES string of the molecule is CC(C)c1noc(-c2ccc(N3CCC[C@H]3CO)nc2)n1. The van der Waals surface area contributed by atoms with Gasteiger partial charge in [-0.15, -0.1) is 0 Å². The van der Waals surface area contributed by atoms with Crippen molar-refractivity contribution < 1.29 is 9.63 Å². The monoisotopic (exact) mass is 288 g/mol. The van der Waals surface area contributed by atoms with Crippen LogP contribution in [0.15, 0.2) is 22.9 Å². The predicted octanol–water partition coefficient (Wildman–Crippen LogP) is 2.22. The third-order valence-electron chi connectivity index (χ3n) is 3.84. The van der Waals surface area contributed by atoms with Gasteiger partial charge in [0.05, 0.1) is 18.2 Å². The molecular weight excluding hydrogens is 268 g/mol. The van der Waals surface area contributed by atoms with Crippen molar-refractivity contribution >= 4 is 5.82 Å². The summed E-state index contributed by atoms with van der Waals surface area (Å²) in [5.74, 6) is 2.33. The molecular formula is C15H20N4O2. The van der Waals surface area contributed by atoms with Crippen LogP contribution in [0.25, 0.3) is 11.5 Å². The highest BCUT2D eigenvalue weighted by molar-refractivity contribution is 5.55. The maximum absolute atomic E-state index is 9.38. The highest BCUT2D eigenvalue weighted by Crippen LogP contribution is 2.26. The van der Waals surface area contributed by atoms with Crippen LogP contribution in [0.2, 0.25) is 0 Å². The van der Waals surface area contributed by atoms with Gasteiger partial charge in [0.1, 0.15) is 5.82 Å². The lowest BCUT2D eigenvalue weighted by molar-refractivity contribution is 0.266. The molecule has 112 valence electrons. The molecule has 1 N–H and O–H groups in total. The zero-order chi connectivity index (χ0) is 14.8. The number of anilines is 1. The molecule has 3 heterocycles. The summed E-state index contributed by atoms with van der Waals surface area (Å²) in [6, 6.07) is 4.06. The molecule has 0 amide bonds. The van der Waals surface area contributed by atoms with Gasteiger partial charge < -0.3 is 14.5 Å². The van der Waals surface area contributed by atoms with Gasteiger partial charge in [0, 0.05) is 18.7 Å². The third kappa shape index (κ3) is 2.76. The Bertz CT molecular complexity index is 594. The van der Waals surface area contributed by atoms with Crippen molar-refractivity contribution in [1.29, 1.82) is 0 Å². The minimum Gasteiger partial charge on any atom is -0.394 e. The number of aliphatic hydroxyl groups is 1. The fourth-order valence-electron chi connectivity index (χ4n) is 2.60. The maximum atomic E-state index is 9.38. The molecule has 6 nitrogen and oxygen atoms in total. The summed E-state index contributed by atoms with van der Waals surface area (Å²) < 4.78 is 5.26. The number of nitrogens with zero attached hydrogens (tertiary/aromatic N) is 4. The summed E-state index contributed by atoms with van der Waals surface area (Å²) in [4.78, 5) is 11.0. The molecule has 1 saturated heterocycles. The van der Waals surface area contributed by atoms with E-state index in [4.69, 9.17) is 4.52 Å². The van der Waals surface area contributed by atoms with Gasteiger partial charge in [-0.2, -0.15) is 4.98 Å². The van der Waals surface area contributed by atoms with Crippen LogP contribution in [-0.2, 0) is 0 Å². The zero-order valence-corrected chi connectivity index (χ0v) is 12.4. The Morgan fingerprint density at radius 1 is 1.43 bits per heavy atom. The van der Waals surface area contributed by atoms with Crippen LogP contribution in [-0.4, -0.2) is 39.4 Å². The van der Waals surface area contributed by atoms with Crippen LogP contribution in [0.4, 0.5) is 5.82 Å². The van der Waals surface area contributed by atoms with E-state index in [1.165, 1.54) is 0 Å². The van der Waals surface area contributed by atoms with E-state index in [-0.39, 0.29) is 18.6 Å². The lowest BCUT2D eigenvalue weighted by Crippen LogP contribution is -2.32. The molecule has 0 aromatic carbocycles. The Kier molecular flexibility index (Phi) is 3.88. The quantitative estimate of drug-likeness (QED) is 0.929. The maximum Gasteiger partial charge on any atom is 0.259 e. The summed E-state index contributed by atoms with van der Waals surface area (Å²) in [7, 11) is 0. The van der Waals surface area contributed by atoms with Crippen LogP contribution in [0.5, 0.6) is 0 Å². The fraction of sp³-hybridized carbons (Fsp3) is 0.533. The van der Waals surface area contributed by atoms with Gasteiger partial charge in [0.2, 0.25) is 0 Å². The van der Waals surface area contributed by atoms with E-state index in [9.17, 15) is 5.11 Å². The average molecular weight is 288 g/mol. The normalized spacial score (nSPS) is 18.7. The number of pyridine rings is 1. The van der Waals surface area contributed by atoms with Crippen molar-refractivity contribution in [2.45, 2.75) is 38.6 Å². The topological polar surface area (TPSA) is 75.3 Å². The average Bonchev–Trinajstić information content (AvgIpc) is 3.16. The Hall–Kier alpha value is -1.95. The summed E-state index contributed by atoms with van der Waals surface area (Å²) in [5.41, 5.74) is 0.817. The molecule has 21 heavy (non-hydrogen) atoms. The number of aliphatic hydroxyl groups excluding tert-OH is 1. The van der Waals surface area contributed by atoms with Gasteiger partial charge >= 0.3 is 0 Å². The molecule has 0 saturated carbocycles. The molecule has 0 radical (unpaired) electrons. The molecule has 6 heteroatoms. The molecule has 2 aromatic heterocycles. The first kappa shape index (κ1) is 14.0. The summed E-state index contributed by atoms with van der Waals surface area (Å²) in [6.07, 6.45) is 3.86. The summed E-state index contributed by atoms with van der Waals surface area (Å²) in [5, 5.41) is 13.3. The molecule has 1 aliphatic rings. The van der Waals surface area contributed by atoms with Gasteiger partial charge in [-0.3, -0.25) is 0 Å². The van der Waals surface area contributed by atoms with Crippen molar-refractivity contribution in [2.75, 3.05) is 18.1 Å². The second kappa shape index (κ2) is 5.81. The van der Waals surface area contributed by atoms with Gasteiger partial charge in [0.25, 0.3) is 5.89 Å². The van der Waals surface area contributed by atoms with Crippen LogP contribution in [0.1, 0.15) is 38.4 Å². The predicted molar refractivity (Wildman–Crippen MR) is 79.1 cm³/mol. The largest absolute Gasteiger partial charge is 0.394 e. The van der Waals surface area contributed by atoms with Crippen LogP contribution >= 0.6 is 0 Å². The number of hydrogen-bond acceptors (Lipinski definition) is 6. The minimum absolute atomic E-state index is 0.171. The summed E-state index contributed by atoms with van der Waals surface area (Å²) >= 11 is 0. The van der Waals surface area contributed by atoms with Crippen molar-refractivity contribution in [2.24, 2.45) is 0 Å². The smallest absolute Gasteiger partial charge is 0.259 e. The highest BCUT2D eigenvalue weighted by Gasteiger charge is 2.24. The lowest BCUT2D eigenvalue weighted by atomic mass is 10.2. The van der Waals surface area contributed by atoms with Gasteiger partial charge in [0.15, 0.2) is 5.82 Å². The Morgan fingerprint density at radius 3 is 2.90 bits per heavy atom. The molecule has 1 fully saturated rings. The fourth-order valence-corrected chi connectivity index (χ4v) is 2.60. The Morgan fingerprint density at radius 2 is 2.29 bits per heavy atom. The molecule has 1 atom stereocenters. The Balaban J connectivity index is 1.80. The molecule has 0 aliphatic carbocycles. The lowest BCUT2D eigenvalue weighted by Gasteiger charge is -2.23. The molecule has 1 aliphatic heterocycles. The third-order valence-corrected chi connectivity index (χ3v) is 3.84. The standard InChI is InChI=1S/C15H20N4O2/c1-10(2)14-17-15(21-18-14)11-5-6-13(16-8-11)19-7-3-4-12(19)9-20/h5-6,8,10,12,20H,3-4,7,9H2,1-2H3/t12-/m0/s1. The molecule has 2 aromatic rings. The van der Waals surface area contributed by atoms with E-state index in [0.717, 1.165) is 30.8 Å². The molecule has 0 spiro atoms. The molecule has 3 rings (SSSR count). The van der Waals surface area contributed by atoms with E-state index in [1.54, 1.807) is 6.20 Å². The van der Waals surface area contributed by atoms with Gasteiger partial charge in [-0.25, -0.2) is 4.98 Å². The summed E-state index contributed by atoms with van der Waals surface area (Å²) in [6.45, 7) is 5.16. The van der Waals surface area contributed by atoms with E-state index in [2.05, 4.69) is 20.0 Å². The van der Waals surface area contributed by atoms with E-state index in [1.807, 2.05) is 26.0 Å². The van der Waals surface area contributed by atoms with Gasteiger partial charge in [-0.1, -0.05) is 19.0 Å². The van der Waals surface area contributed by atoms with Crippen molar-refractivity contribution in [3.8, 4) is 11.5 Å². The zero-order valence-electron chi connectivity index (χ0n) is 12.4. The number of hydrogen-bond donors (Lipinski definition) is 1. The van der Waals surface area contributed by atoms with E-state index < -0.39 is 0 Å². The number of rotatable bonds is 4. The molecule has 0 unspecified atom stereocenters. The first-order chi connectivity index (χ1) is 10.2. The minimum atomic E-state index is 0.171. The van der Waals surface area contributed by atoms with Crippen LogP contribution < -0.4 is 4.90 Å². The Labute approximate surface area is 123 Å². The first-order valence-electron chi connectivity index (χ1n) is 7.36. The van der Waals surface area contributed by atoms with E-state index in [0.29, 0.717) is 11.7 Å². The molecule has 0 bridgehead atoms. The highest BCUT2D eigenvalue weighted by atomic mass is 16.5. The van der Waals surface area contributed by atoms with Crippen molar-refractivity contribution in [3.05, 3.63) is 24.2 Å². The second-order valence-electron chi connectivity index (χ2n) is 5.69. The first-order valence-corrected chi connectivity index (χ1v) is 7.36. The van der Waals surface area contributed by atoms with Crippen molar-refractivity contribution in [3.63, 3.8) is 0 Å². The van der Waals surface area contributed by atoms with E-state index >= 15 is 0 Å². The van der Waals surface area contributed by atoms with Gasteiger partial charge in [-0.05, 0) is 25.0 Å². The van der Waals surface area contributed by atoms with Crippen molar-refractivity contribution in [1.82, 2.24) is 15.1 Å². The van der Waals surface area contributed by atoms with Crippen LogP contribution in [0, 0.1) is 0 Å². The second-order valence-corrected chi connectivity index (χ2v) is 5.69.